The number of hydrogen-bond donors (Lipinski definition) is 2. The Kier molecular flexibility index (Phi) is 10.4. The lowest BCUT2D eigenvalue weighted by molar-refractivity contribution is -0.144. The number of ether oxygens (including phenoxy) is 2. The molecule has 0 radical (unpaired) electrons. The van der Waals surface area contributed by atoms with E-state index in [0.29, 0.717) is 48.8 Å². The molecule has 11 heteroatoms. The van der Waals surface area contributed by atoms with Crippen LogP contribution in [0, 0.1) is 0 Å². The van der Waals surface area contributed by atoms with Gasteiger partial charge in [-0.15, -0.1) is 5.10 Å². The van der Waals surface area contributed by atoms with Gasteiger partial charge in [0.05, 0.1) is 23.5 Å². The van der Waals surface area contributed by atoms with Gasteiger partial charge in [-0.2, -0.15) is 0 Å². The van der Waals surface area contributed by atoms with Crippen molar-refractivity contribution < 1.29 is 23.9 Å². The summed E-state index contributed by atoms with van der Waals surface area (Å²) in [7, 11) is 1.79. The van der Waals surface area contributed by atoms with E-state index in [4.69, 9.17) is 9.47 Å². The van der Waals surface area contributed by atoms with Crippen molar-refractivity contribution >= 4 is 23.5 Å². The van der Waals surface area contributed by atoms with Gasteiger partial charge in [-0.3, -0.25) is 14.4 Å². The van der Waals surface area contributed by atoms with Crippen molar-refractivity contribution in [1.82, 2.24) is 25.6 Å². The smallest absolute Gasteiger partial charge is 0.327 e. The monoisotopic (exact) mass is 576 g/mol. The minimum Gasteiger partial charge on any atom is -0.463 e. The summed E-state index contributed by atoms with van der Waals surface area (Å²) < 4.78 is 12.6. The second kappa shape index (κ2) is 14.2. The number of esters is 1. The number of fused-ring (bicyclic) bond motifs is 5. The molecule has 1 aliphatic heterocycles. The Morgan fingerprint density at radius 2 is 1.74 bits per heavy atom. The molecule has 2 N–H and O–H groups in total. The van der Waals surface area contributed by atoms with Crippen molar-refractivity contribution in [1.29, 1.82) is 0 Å². The molecule has 0 saturated carbocycles. The van der Waals surface area contributed by atoms with E-state index in [0.717, 1.165) is 11.1 Å². The van der Waals surface area contributed by atoms with Gasteiger partial charge in [0, 0.05) is 43.7 Å². The van der Waals surface area contributed by atoms with Crippen LogP contribution in [0.4, 0.5) is 5.69 Å². The summed E-state index contributed by atoms with van der Waals surface area (Å²) in [4.78, 5) is 40.5. The van der Waals surface area contributed by atoms with Crippen LogP contribution in [0.25, 0.3) is 22.5 Å². The van der Waals surface area contributed by atoms with Crippen molar-refractivity contribution in [3.8, 4) is 22.5 Å². The molecule has 4 rings (SSSR count). The first kappa shape index (κ1) is 30.9. The number of carbonyl (C=O) groups excluding carboxylic acids is 3. The van der Waals surface area contributed by atoms with Gasteiger partial charge in [0.25, 0.3) is 0 Å². The molecule has 224 valence electrons. The van der Waals surface area contributed by atoms with E-state index in [9.17, 15) is 14.4 Å². The Balaban J connectivity index is 1.56. The van der Waals surface area contributed by atoms with Crippen molar-refractivity contribution in [3.63, 3.8) is 0 Å². The van der Waals surface area contributed by atoms with Crippen molar-refractivity contribution in [2.24, 2.45) is 0 Å². The number of aromatic nitrogens is 3. The zero-order valence-electron chi connectivity index (χ0n) is 24.8. The highest BCUT2D eigenvalue weighted by atomic mass is 16.5. The quantitative estimate of drug-likeness (QED) is 0.234. The van der Waals surface area contributed by atoms with E-state index in [1.54, 1.807) is 16.6 Å². The zero-order valence-corrected chi connectivity index (χ0v) is 24.8. The first-order valence-electron chi connectivity index (χ1n) is 14.4. The fraction of sp³-hybridized carbons (Fsp3) is 0.452. The Labute approximate surface area is 246 Å². The molecule has 0 bridgehead atoms. The Morgan fingerprint density at radius 3 is 2.50 bits per heavy atom. The van der Waals surface area contributed by atoms with E-state index < -0.39 is 5.97 Å². The maximum atomic E-state index is 13.7. The van der Waals surface area contributed by atoms with Gasteiger partial charge >= 0.3 is 5.97 Å². The van der Waals surface area contributed by atoms with Crippen LogP contribution in [0.1, 0.15) is 45.6 Å². The highest BCUT2D eigenvalue weighted by Crippen LogP contribution is 2.41. The van der Waals surface area contributed by atoms with E-state index in [-0.39, 0.29) is 50.0 Å². The fourth-order valence-electron chi connectivity index (χ4n) is 4.99. The molecule has 3 aromatic rings. The maximum Gasteiger partial charge on any atom is 0.327 e. The second-order valence-corrected chi connectivity index (χ2v) is 10.7. The molecule has 0 fully saturated rings. The number of benzene rings is 2. The topological polar surface area (TPSA) is 128 Å². The van der Waals surface area contributed by atoms with Crippen LogP contribution < -0.4 is 15.5 Å². The van der Waals surface area contributed by atoms with E-state index >= 15 is 0 Å². The van der Waals surface area contributed by atoms with Crippen LogP contribution in [0.15, 0.2) is 48.5 Å². The minimum atomic E-state index is -0.415. The lowest BCUT2D eigenvalue weighted by Crippen LogP contribution is -2.35. The third-order valence-electron chi connectivity index (χ3n) is 7.13. The summed E-state index contributed by atoms with van der Waals surface area (Å²) >= 11 is 0. The van der Waals surface area contributed by atoms with Crippen LogP contribution in [-0.2, 0) is 36.9 Å². The highest BCUT2D eigenvalue weighted by molar-refractivity contribution is 6.01. The SMILES string of the molecule is CCOC(C)(C)CCNC(=O)CCC(=O)N1Cc2ccccc2-c2c(nnn2CC(=O)OCCNC)-c2ccccc21. The number of carbonyl (C=O) groups is 3. The summed E-state index contributed by atoms with van der Waals surface area (Å²) in [6.07, 6.45) is 0.800. The number of nitrogens with one attached hydrogen (secondary N) is 2. The van der Waals surface area contributed by atoms with Gasteiger partial charge in [0.2, 0.25) is 11.8 Å². The molecule has 0 unspecified atom stereocenters. The Morgan fingerprint density at radius 1 is 1.00 bits per heavy atom. The molecule has 42 heavy (non-hydrogen) atoms. The molecule has 0 saturated heterocycles. The van der Waals surface area contributed by atoms with Crippen LogP contribution in [0.2, 0.25) is 0 Å². The van der Waals surface area contributed by atoms with Crippen LogP contribution in [0.5, 0.6) is 0 Å². The Hall–Kier alpha value is -4.09. The average Bonchev–Trinajstić information content (AvgIpc) is 3.36. The third kappa shape index (κ3) is 7.59. The molecule has 0 atom stereocenters. The van der Waals surface area contributed by atoms with Crippen molar-refractivity contribution in [2.75, 3.05) is 38.3 Å². The van der Waals surface area contributed by atoms with Crippen LogP contribution >= 0.6 is 0 Å². The fourth-order valence-corrected chi connectivity index (χ4v) is 4.99. The number of anilines is 1. The molecule has 0 spiro atoms. The summed E-state index contributed by atoms with van der Waals surface area (Å²) in [5.41, 5.74) is 4.00. The first-order chi connectivity index (χ1) is 20.2. The van der Waals surface area contributed by atoms with Gasteiger partial charge < -0.3 is 25.0 Å². The van der Waals surface area contributed by atoms with Gasteiger partial charge in [-0.05, 0) is 45.9 Å². The second-order valence-electron chi connectivity index (χ2n) is 10.7. The summed E-state index contributed by atoms with van der Waals surface area (Å²) in [6.45, 7) is 8.00. The number of hydrogen-bond acceptors (Lipinski definition) is 8. The predicted octanol–water partition coefficient (Wildman–Crippen LogP) is 3.32. The number of nitrogens with zero attached hydrogens (tertiary/aromatic N) is 4. The molecule has 2 aromatic carbocycles. The van der Waals surface area contributed by atoms with Crippen molar-refractivity contribution in [3.05, 3.63) is 54.1 Å². The zero-order chi connectivity index (χ0) is 30.1. The minimum absolute atomic E-state index is 0.0508. The lowest BCUT2D eigenvalue weighted by Gasteiger charge is -2.28. The molecule has 2 heterocycles. The van der Waals surface area contributed by atoms with E-state index in [1.165, 1.54) is 0 Å². The molecule has 1 aromatic heterocycles. The summed E-state index contributed by atoms with van der Waals surface area (Å²) in [5, 5.41) is 14.6. The standard InChI is InChI=1S/C31H40N6O5/c1-5-42-31(2,3)16-17-33-26(38)14-15-27(39)36-20-22-10-6-7-11-23(22)30-29(24-12-8-9-13-25(24)36)34-35-37(30)21-28(40)41-19-18-32-4/h6-13,32H,5,14-21H2,1-4H3,(H,33,38). The third-order valence-corrected chi connectivity index (χ3v) is 7.13. The van der Waals surface area contributed by atoms with Gasteiger partial charge in [-0.25, -0.2) is 4.68 Å². The molecule has 1 aliphatic rings. The number of para-hydroxylation sites is 1. The molecule has 0 aliphatic carbocycles. The lowest BCUT2D eigenvalue weighted by atomic mass is 9.95. The Bertz CT molecular complexity index is 1400. The predicted molar refractivity (Wildman–Crippen MR) is 160 cm³/mol. The number of rotatable bonds is 13. The molecular weight excluding hydrogens is 536 g/mol. The number of amides is 2. The van der Waals surface area contributed by atoms with Crippen LogP contribution in [0.3, 0.4) is 0 Å². The van der Waals surface area contributed by atoms with E-state index in [1.807, 2.05) is 69.3 Å². The summed E-state index contributed by atoms with van der Waals surface area (Å²) in [5.74, 6) is -0.767. The number of likely N-dealkylation sites (N-methyl/N-ethyl adjacent to an activating group) is 1. The largest absolute Gasteiger partial charge is 0.463 e. The van der Waals surface area contributed by atoms with E-state index in [2.05, 4.69) is 20.9 Å². The summed E-state index contributed by atoms with van der Waals surface area (Å²) in [6, 6.07) is 15.2. The normalized spacial score (nSPS) is 12.4. The molecule has 11 nitrogen and oxygen atoms in total. The van der Waals surface area contributed by atoms with Crippen molar-refractivity contribution in [2.45, 2.75) is 58.7 Å². The molecular formula is C31H40N6O5. The average molecular weight is 577 g/mol. The van der Waals surface area contributed by atoms with Gasteiger partial charge in [0.15, 0.2) is 0 Å². The van der Waals surface area contributed by atoms with Gasteiger partial charge in [0.1, 0.15) is 18.8 Å². The maximum absolute atomic E-state index is 13.7. The van der Waals surface area contributed by atoms with Gasteiger partial charge in [-0.1, -0.05) is 47.7 Å². The van der Waals surface area contributed by atoms with Crippen LogP contribution in [-0.4, -0.2) is 71.7 Å². The highest BCUT2D eigenvalue weighted by Gasteiger charge is 2.29. The molecule has 2 amide bonds. The first-order valence-corrected chi connectivity index (χ1v) is 14.4.